The van der Waals surface area contributed by atoms with Crippen molar-refractivity contribution in [1.29, 1.82) is 0 Å². The van der Waals surface area contributed by atoms with Crippen LogP contribution in [0.2, 0.25) is 19.6 Å². The number of nitrogens with one attached hydrogen (secondary N) is 1. The Morgan fingerprint density at radius 1 is 1.29 bits per heavy atom. The van der Waals surface area contributed by atoms with Crippen LogP contribution in [-0.2, 0) is 13.6 Å². The molecule has 5 heteroatoms. The molecule has 21 heavy (non-hydrogen) atoms. The molecular weight excluding hydrogens is 276 g/mol. The second kappa shape index (κ2) is 6.14. The molecule has 0 aliphatic heterocycles. The normalized spacial score (nSPS) is 10.9. The second-order valence-electron chi connectivity index (χ2n) is 6.25. The maximum atomic E-state index is 4.49. The van der Waals surface area contributed by atoms with Crippen molar-refractivity contribution < 1.29 is 0 Å². The maximum absolute atomic E-state index is 4.49. The van der Waals surface area contributed by atoms with Gasteiger partial charge in [-0.1, -0.05) is 25.6 Å². The van der Waals surface area contributed by atoms with E-state index in [-0.39, 0.29) is 0 Å². The van der Waals surface area contributed by atoms with Crippen LogP contribution in [0.1, 0.15) is 16.8 Å². The second-order valence-corrected chi connectivity index (χ2v) is 11.0. The lowest BCUT2D eigenvalue weighted by Gasteiger charge is -2.06. The first-order valence-electron chi connectivity index (χ1n) is 7.05. The van der Waals surface area contributed by atoms with E-state index in [1.165, 1.54) is 5.56 Å². The topological polar surface area (TPSA) is 42.7 Å². The van der Waals surface area contributed by atoms with Crippen molar-refractivity contribution in [3.63, 3.8) is 0 Å². The highest BCUT2D eigenvalue weighted by Crippen LogP contribution is 2.10. The van der Waals surface area contributed by atoms with Crippen LogP contribution in [0.15, 0.2) is 24.7 Å². The predicted molar refractivity (Wildman–Crippen MR) is 89.7 cm³/mol. The number of anilines is 1. The van der Waals surface area contributed by atoms with Gasteiger partial charge in [-0.3, -0.25) is 9.67 Å². The van der Waals surface area contributed by atoms with Crippen LogP contribution in [0.5, 0.6) is 0 Å². The molecule has 2 heterocycles. The van der Waals surface area contributed by atoms with Crippen molar-refractivity contribution in [3.05, 3.63) is 41.5 Å². The van der Waals surface area contributed by atoms with Crippen LogP contribution in [0.4, 0.5) is 5.69 Å². The molecular formula is C16H22N4Si. The fourth-order valence-electron chi connectivity index (χ4n) is 1.80. The quantitative estimate of drug-likeness (QED) is 0.700. The van der Waals surface area contributed by atoms with E-state index in [0.717, 1.165) is 16.9 Å². The summed E-state index contributed by atoms with van der Waals surface area (Å²) >= 11 is 0. The van der Waals surface area contributed by atoms with Crippen LogP contribution in [0, 0.1) is 18.4 Å². The highest BCUT2D eigenvalue weighted by Gasteiger charge is 2.08. The summed E-state index contributed by atoms with van der Waals surface area (Å²) in [5, 5.41) is 7.44. The Hall–Kier alpha value is -2.06. The van der Waals surface area contributed by atoms with Crippen molar-refractivity contribution in [1.82, 2.24) is 14.8 Å². The minimum absolute atomic E-state index is 0.689. The van der Waals surface area contributed by atoms with E-state index in [1.54, 1.807) is 10.9 Å². The van der Waals surface area contributed by atoms with E-state index < -0.39 is 8.07 Å². The van der Waals surface area contributed by atoms with Crippen LogP contribution >= 0.6 is 0 Å². The molecule has 0 aliphatic rings. The number of rotatable bonds is 3. The summed E-state index contributed by atoms with van der Waals surface area (Å²) in [4.78, 5) is 4.49. The lowest BCUT2D eigenvalue weighted by Crippen LogP contribution is -2.16. The molecule has 0 spiro atoms. The molecule has 0 aliphatic carbocycles. The van der Waals surface area contributed by atoms with Gasteiger partial charge in [-0.25, -0.2) is 0 Å². The molecule has 0 radical (unpaired) electrons. The fraction of sp³-hybridized carbons (Fsp3) is 0.375. The Bertz CT molecular complexity index is 686. The van der Waals surface area contributed by atoms with Crippen molar-refractivity contribution in [2.45, 2.75) is 33.1 Å². The van der Waals surface area contributed by atoms with Crippen LogP contribution in [0.25, 0.3) is 0 Å². The Morgan fingerprint density at radius 2 is 2.05 bits per heavy atom. The standard InChI is InChI=1S/C16H22N4Si/c1-13-8-15(10-18-16-11-19-20(2)12-16)17-9-14(13)6-7-21(3,4)5/h8-9,11-12,18H,10H2,1-5H3. The summed E-state index contributed by atoms with van der Waals surface area (Å²) in [7, 11) is 0.558. The minimum Gasteiger partial charge on any atom is -0.377 e. The smallest absolute Gasteiger partial charge is 0.129 e. The zero-order valence-corrected chi connectivity index (χ0v) is 14.4. The highest BCUT2D eigenvalue weighted by atomic mass is 28.3. The summed E-state index contributed by atoms with van der Waals surface area (Å²) in [6.07, 6.45) is 5.63. The van der Waals surface area contributed by atoms with Crippen LogP contribution in [0.3, 0.4) is 0 Å². The van der Waals surface area contributed by atoms with Gasteiger partial charge in [0, 0.05) is 25.0 Å². The highest BCUT2D eigenvalue weighted by molar-refractivity contribution is 6.83. The summed E-state index contributed by atoms with van der Waals surface area (Å²) in [6, 6.07) is 2.09. The molecule has 0 saturated carbocycles. The average Bonchev–Trinajstić information content (AvgIpc) is 2.80. The van der Waals surface area contributed by atoms with Crippen molar-refractivity contribution in [2.24, 2.45) is 7.05 Å². The summed E-state index contributed by atoms with van der Waals surface area (Å²) in [5.74, 6) is 3.27. The molecule has 0 amide bonds. The third-order valence-electron chi connectivity index (χ3n) is 2.92. The number of hydrogen-bond donors (Lipinski definition) is 1. The van der Waals surface area contributed by atoms with Crippen molar-refractivity contribution >= 4 is 13.8 Å². The van der Waals surface area contributed by atoms with Crippen LogP contribution < -0.4 is 5.32 Å². The van der Waals surface area contributed by atoms with E-state index in [9.17, 15) is 0 Å². The Kier molecular flexibility index (Phi) is 4.49. The summed E-state index contributed by atoms with van der Waals surface area (Å²) < 4.78 is 1.77. The molecule has 0 fully saturated rings. The van der Waals surface area contributed by atoms with Gasteiger partial charge >= 0.3 is 0 Å². The Balaban J connectivity index is 2.06. The summed E-state index contributed by atoms with van der Waals surface area (Å²) in [6.45, 7) is 9.51. The number of aryl methyl sites for hydroxylation is 2. The Labute approximate surface area is 127 Å². The van der Waals surface area contributed by atoms with Gasteiger partial charge < -0.3 is 5.32 Å². The van der Waals surface area contributed by atoms with E-state index in [2.05, 4.69) is 59.5 Å². The first-order chi connectivity index (χ1) is 9.83. The molecule has 0 saturated heterocycles. The molecule has 1 N–H and O–H groups in total. The lowest BCUT2D eigenvalue weighted by atomic mass is 10.1. The van der Waals surface area contributed by atoms with Gasteiger partial charge in [-0.2, -0.15) is 5.10 Å². The van der Waals surface area contributed by atoms with Gasteiger partial charge in [-0.05, 0) is 18.6 Å². The van der Waals surface area contributed by atoms with E-state index >= 15 is 0 Å². The third-order valence-corrected chi connectivity index (χ3v) is 3.79. The summed E-state index contributed by atoms with van der Waals surface area (Å²) in [5.41, 5.74) is 7.60. The van der Waals surface area contributed by atoms with Gasteiger partial charge in [0.05, 0.1) is 24.1 Å². The van der Waals surface area contributed by atoms with Crippen molar-refractivity contribution in [2.75, 3.05) is 5.32 Å². The number of aromatic nitrogens is 3. The molecule has 110 valence electrons. The largest absolute Gasteiger partial charge is 0.377 e. The number of pyridine rings is 1. The monoisotopic (exact) mass is 298 g/mol. The predicted octanol–water partition coefficient (Wildman–Crippen LogP) is 2.96. The van der Waals surface area contributed by atoms with Gasteiger partial charge in [0.25, 0.3) is 0 Å². The first-order valence-corrected chi connectivity index (χ1v) is 10.5. The third kappa shape index (κ3) is 4.76. The lowest BCUT2D eigenvalue weighted by molar-refractivity contribution is 0.768. The molecule has 2 aromatic heterocycles. The minimum atomic E-state index is -1.34. The number of hydrogen-bond acceptors (Lipinski definition) is 3. The van der Waals surface area contributed by atoms with Crippen molar-refractivity contribution in [3.8, 4) is 11.5 Å². The van der Waals surface area contributed by atoms with E-state index in [1.807, 2.05) is 19.4 Å². The zero-order chi connectivity index (χ0) is 15.5. The van der Waals surface area contributed by atoms with E-state index in [0.29, 0.717) is 6.54 Å². The zero-order valence-electron chi connectivity index (χ0n) is 13.4. The molecule has 0 bridgehead atoms. The molecule has 0 atom stereocenters. The average molecular weight is 298 g/mol. The molecule has 4 nitrogen and oxygen atoms in total. The van der Waals surface area contributed by atoms with Gasteiger partial charge in [0.1, 0.15) is 8.07 Å². The molecule has 0 unspecified atom stereocenters. The van der Waals surface area contributed by atoms with E-state index in [4.69, 9.17) is 0 Å². The van der Waals surface area contributed by atoms with Gasteiger partial charge in [-0.15, -0.1) is 5.54 Å². The molecule has 0 aromatic carbocycles. The molecule has 2 aromatic rings. The van der Waals surface area contributed by atoms with Crippen LogP contribution in [-0.4, -0.2) is 22.8 Å². The van der Waals surface area contributed by atoms with Gasteiger partial charge in [0.2, 0.25) is 0 Å². The maximum Gasteiger partial charge on any atom is 0.129 e. The van der Waals surface area contributed by atoms with Gasteiger partial charge in [0.15, 0.2) is 0 Å². The fourth-order valence-corrected chi connectivity index (χ4v) is 2.31. The SMILES string of the molecule is Cc1cc(CNc2cnn(C)c2)ncc1C#C[Si](C)(C)C. The first kappa shape index (κ1) is 15.3. The Morgan fingerprint density at radius 3 is 2.62 bits per heavy atom. The molecule has 2 rings (SSSR count). The number of nitrogens with zero attached hydrogens (tertiary/aromatic N) is 3.